The molecule has 0 amide bonds. The highest BCUT2D eigenvalue weighted by Gasteiger charge is 2.12. The van der Waals surface area contributed by atoms with Crippen molar-refractivity contribution in [3.8, 4) is 0 Å². The van der Waals surface area contributed by atoms with E-state index in [1.165, 1.54) is 77.0 Å². The molecule has 1 N–H and O–H groups in total. The summed E-state index contributed by atoms with van der Waals surface area (Å²) in [7, 11) is -3.35. The Bertz CT molecular complexity index is 572. The molecule has 0 spiro atoms. The van der Waals surface area contributed by atoms with Gasteiger partial charge in [0.25, 0.3) is 0 Å². The Balaban J connectivity index is 1.91. The Morgan fingerprint density at radius 2 is 1.11 bits per heavy atom. The van der Waals surface area contributed by atoms with Crippen molar-refractivity contribution >= 4 is 32.6 Å². The molecule has 5 heteroatoms. The first-order chi connectivity index (χ1) is 13.1. The van der Waals surface area contributed by atoms with E-state index in [0.717, 1.165) is 16.4 Å². The standard InChI is InChI=1S/C22H38INO2S/c1-2-3-4-5-6-7-8-9-10-11-12-13-14-15-20-24-27(25,26)22-18-16-21(23)17-19-22/h16-19,24H,2-15,20H2,1H3. The number of unbranched alkanes of at least 4 members (excludes halogenated alkanes) is 13. The van der Waals surface area contributed by atoms with Crippen LogP contribution < -0.4 is 4.72 Å². The van der Waals surface area contributed by atoms with Crippen LogP contribution in [0.1, 0.15) is 96.8 Å². The van der Waals surface area contributed by atoms with Crippen LogP contribution >= 0.6 is 22.6 Å². The van der Waals surface area contributed by atoms with Crippen molar-refractivity contribution in [3.05, 3.63) is 27.8 Å². The molecule has 0 unspecified atom stereocenters. The van der Waals surface area contributed by atoms with Crippen molar-refractivity contribution in [1.29, 1.82) is 0 Å². The Morgan fingerprint density at radius 3 is 1.56 bits per heavy atom. The second kappa shape index (κ2) is 15.7. The van der Waals surface area contributed by atoms with Gasteiger partial charge in [-0.1, -0.05) is 90.4 Å². The molecule has 0 aliphatic carbocycles. The van der Waals surface area contributed by atoms with Crippen molar-refractivity contribution in [3.63, 3.8) is 0 Å². The Kier molecular flexibility index (Phi) is 14.5. The lowest BCUT2D eigenvalue weighted by molar-refractivity contribution is 0.533. The Hall–Kier alpha value is -0.140. The lowest BCUT2D eigenvalue weighted by Crippen LogP contribution is -2.24. The number of rotatable bonds is 17. The first-order valence-electron chi connectivity index (χ1n) is 10.8. The first-order valence-corrected chi connectivity index (χ1v) is 13.4. The van der Waals surface area contributed by atoms with Crippen LogP contribution in [-0.4, -0.2) is 15.0 Å². The van der Waals surface area contributed by atoms with Crippen LogP contribution in [0.15, 0.2) is 29.2 Å². The van der Waals surface area contributed by atoms with E-state index in [9.17, 15) is 8.42 Å². The zero-order chi connectivity index (χ0) is 19.8. The third kappa shape index (κ3) is 12.8. The maximum absolute atomic E-state index is 12.2. The second-order valence-electron chi connectivity index (χ2n) is 7.45. The molecule has 0 saturated heterocycles. The molecule has 0 aliphatic rings. The minimum atomic E-state index is -3.35. The van der Waals surface area contributed by atoms with Gasteiger partial charge in [-0.05, 0) is 53.3 Å². The Morgan fingerprint density at radius 1 is 0.704 bits per heavy atom. The Labute approximate surface area is 181 Å². The number of benzene rings is 1. The van der Waals surface area contributed by atoms with Crippen LogP contribution in [0.5, 0.6) is 0 Å². The van der Waals surface area contributed by atoms with E-state index in [2.05, 4.69) is 34.2 Å². The molecule has 156 valence electrons. The van der Waals surface area contributed by atoms with Gasteiger partial charge in [0.15, 0.2) is 0 Å². The average Bonchev–Trinajstić information content (AvgIpc) is 2.65. The molecule has 0 aromatic heterocycles. The fourth-order valence-electron chi connectivity index (χ4n) is 3.22. The zero-order valence-electron chi connectivity index (χ0n) is 17.0. The van der Waals surface area contributed by atoms with Crippen molar-refractivity contribution < 1.29 is 8.42 Å². The zero-order valence-corrected chi connectivity index (χ0v) is 20.0. The van der Waals surface area contributed by atoms with Crippen LogP contribution in [-0.2, 0) is 10.0 Å². The summed E-state index contributed by atoms with van der Waals surface area (Å²) in [6, 6.07) is 6.97. The highest BCUT2D eigenvalue weighted by molar-refractivity contribution is 14.1. The summed E-state index contributed by atoms with van der Waals surface area (Å²) in [5.41, 5.74) is 0. The quantitative estimate of drug-likeness (QED) is 0.181. The summed E-state index contributed by atoms with van der Waals surface area (Å²) in [5, 5.41) is 0. The molecule has 0 fully saturated rings. The van der Waals surface area contributed by atoms with Crippen LogP contribution in [0.3, 0.4) is 0 Å². The lowest BCUT2D eigenvalue weighted by atomic mass is 10.0. The third-order valence-electron chi connectivity index (χ3n) is 4.95. The molecule has 0 radical (unpaired) electrons. The third-order valence-corrected chi connectivity index (χ3v) is 7.14. The predicted octanol–water partition coefficient (Wildman–Crippen LogP) is 7.05. The van der Waals surface area contributed by atoms with E-state index >= 15 is 0 Å². The van der Waals surface area contributed by atoms with Crippen LogP contribution in [0, 0.1) is 3.57 Å². The summed E-state index contributed by atoms with van der Waals surface area (Å²) < 4.78 is 28.1. The summed E-state index contributed by atoms with van der Waals surface area (Å²) in [5.74, 6) is 0. The smallest absolute Gasteiger partial charge is 0.211 e. The van der Waals surface area contributed by atoms with Gasteiger partial charge in [-0.25, -0.2) is 13.1 Å². The molecule has 0 saturated carbocycles. The van der Waals surface area contributed by atoms with Gasteiger partial charge in [0.1, 0.15) is 0 Å². The van der Waals surface area contributed by atoms with Crippen molar-refractivity contribution in [2.24, 2.45) is 0 Å². The predicted molar refractivity (Wildman–Crippen MR) is 125 cm³/mol. The van der Waals surface area contributed by atoms with Crippen molar-refractivity contribution in [2.45, 2.75) is 102 Å². The van der Waals surface area contributed by atoms with Gasteiger partial charge in [-0.15, -0.1) is 0 Å². The van der Waals surface area contributed by atoms with Crippen molar-refractivity contribution in [2.75, 3.05) is 6.54 Å². The highest BCUT2D eigenvalue weighted by Crippen LogP contribution is 2.14. The van der Waals surface area contributed by atoms with Gasteiger partial charge in [0.05, 0.1) is 4.90 Å². The maximum Gasteiger partial charge on any atom is 0.240 e. The summed E-state index contributed by atoms with van der Waals surface area (Å²) in [6.07, 6.45) is 18.3. The first kappa shape index (κ1) is 24.9. The van der Waals surface area contributed by atoms with Crippen LogP contribution in [0.2, 0.25) is 0 Å². The number of hydrogen-bond donors (Lipinski definition) is 1. The van der Waals surface area contributed by atoms with Gasteiger partial charge in [-0.3, -0.25) is 0 Å². The lowest BCUT2D eigenvalue weighted by Gasteiger charge is -2.07. The molecule has 3 nitrogen and oxygen atoms in total. The molecule has 1 aromatic rings. The summed E-state index contributed by atoms with van der Waals surface area (Å²) in [4.78, 5) is 0.355. The number of halogens is 1. The van der Waals surface area contributed by atoms with Gasteiger partial charge in [0.2, 0.25) is 10.0 Å². The van der Waals surface area contributed by atoms with E-state index in [-0.39, 0.29) is 0 Å². The van der Waals surface area contributed by atoms with Crippen molar-refractivity contribution in [1.82, 2.24) is 4.72 Å². The van der Waals surface area contributed by atoms with Gasteiger partial charge in [-0.2, -0.15) is 0 Å². The van der Waals surface area contributed by atoms with E-state index in [0.29, 0.717) is 11.4 Å². The van der Waals surface area contributed by atoms with Crippen LogP contribution in [0.4, 0.5) is 0 Å². The minimum absolute atomic E-state index is 0.355. The molecule has 0 aliphatic heterocycles. The van der Waals surface area contributed by atoms with Gasteiger partial charge >= 0.3 is 0 Å². The number of sulfonamides is 1. The van der Waals surface area contributed by atoms with E-state index in [1.807, 2.05) is 12.1 Å². The molecule has 0 atom stereocenters. The van der Waals surface area contributed by atoms with Crippen LogP contribution in [0.25, 0.3) is 0 Å². The monoisotopic (exact) mass is 507 g/mol. The molecule has 1 rings (SSSR count). The second-order valence-corrected chi connectivity index (χ2v) is 10.5. The minimum Gasteiger partial charge on any atom is -0.211 e. The SMILES string of the molecule is CCCCCCCCCCCCCCCCNS(=O)(=O)c1ccc(I)cc1. The fraction of sp³-hybridized carbons (Fsp3) is 0.727. The fourth-order valence-corrected chi connectivity index (χ4v) is 4.66. The topological polar surface area (TPSA) is 46.2 Å². The number of nitrogens with one attached hydrogen (secondary N) is 1. The van der Waals surface area contributed by atoms with Gasteiger partial charge in [0, 0.05) is 10.1 Å². The summed E-state index contributed by atoms with van der Waals surface area (Å²) >= 11 is 2.17. The van der Waals surface area contributed by atoms with E-state index < -0.39 is 10.0 Å². The molecular formula is C22H38INO2S. The molecule has 1 aromatic carbocycles. The summed E-state index contributed by atoms with van der Waals surface area (Å²) in [6.45, 7) is 2.80. The number of hydrogen-bond acceptors (Lipinski definition) is 2. The molecule has 27 heavy (non-hydrogen) atoms. The molecule has 0 heterocycles. The molecule has 0 bridgehead atoms. The largest absolute Gasteiger partial charge is 0.240 e. The molecular weight excluding hydrogens is 469 g/mol. The average molecular weight is 508 g/mol. The highest BCUT2D eigenvalue weighted by atomic mass is 127. The van der Waals surface area contributed by atoms with E-state index in [1.54, 1.807) is 12.1 Å². The normalized spacial score (nSPS) is 11.8. The van der Waals surface area contributed by atoms with Gasteiger partial charge < -0.3 is 0 Å². The maximum atomic E-state index is 12.2. The van der Waals surface area contributed by atoms with E-state index in [4.69, 9.17) is 0 Å².